The first-order valence-corrected chi connectivity index (χ1v) is 6.87. The standard InChI is InChI=1S/C14H23N3/c1-12-10-14(17-11-16-12)15-9-5-8-13-6-3-2-4-7-13/h10-11,13H,2-9H2,1H3,(H,15,16,17). The highest BCUT2D eigenvalue weighted by molar-refractivity contribution is 5.33. The van der Waals surface area contributed by atoms with Crippen LogP contribution in [0.3, 0.4) is 0 Å². The van der Waals surface area contributed by atoms with E-state index in [1.807, 2.05) is 13.0 Å². The molecule has 1 aromatic rings. The second-order valence-corrected chi connectivity index (χ2v) is 5.12. The number of aromatic nitrogens is 2. The number of hydrogen-bond donors (Lipinski definition) is 1. The summed E-state index contributed by atoms with van der Waals surface area (Å²) in [6.07, 6.45) is 11.5. The lowest BCUT2D eigenvalue weighted by Crippen LogP contribution is -2.10. The fourth-order valence-electron chi connectivity index (χ4n) is 2.63. The van der Waals surface area contributed by atoms with E-state index in [4.69, 9.17) is 0 Å². The van der Waals surface area contributed by atoms with E-state index in [2.05, 4.69) is 15.3 Å². The summed E-state index contributed by atoms with van der Waals surface area (Å²) in [6.45, 7) is 3.03. The molecule has 1 aromatic heterocycles. The second kappa shape index (κ2) is 6.58. The van der Waals surface area contributed by atoms with E-state index in [1.54, 1.807) is 6.33 Å². The zero-order valence-corrected chi connectivity index (χ0v) is 10.8. The number of nitrogens with zero attached hydrogens (tertiary/aromatic N) is 2. The van der Waals surface area contributed by atoms with Crippen LogP contribution in [0.5, 0.6) is 0 Å². The average Bonchev–Trinajstić information content (AvgIpc) is 2.36. The minimum absolute atomic E-state index is 0.959. The van der Waals surface area contributed by atoms with Gasteiger partial charge < -0.3 is 5.32 Å². The first-order valence-electron chi connectivity index (χ1n) is 6.87. The predicted octanol–water partition coefficient (Wildman–Crippen LogP) is 3.56. The third-order valence-electron chi connectivity index (χ3n) is 3.62. The van der Waals surface area contributed by atoms with Crippen molar-refractivity contribution in [1.82, 2.24) is 9.97 Å². The largest absolute Gasteiger partial charge is 0.370 e. The lowest BCUT2D eigenvalue weighted by atomic mass is 9.86. The monoisotopic (exact) mass is 233 g/mol. The molecular weight excluding hydrogens is 210 g/mol. The summed E-state index contributed by atoms with van der Waals surface area (Å²) in [6, 6.07) is 2.00. The third kappa shape index (κ3) is 4.33. The number of aryl methyl sites for hydroxylation is 1. The normalized spacial score (nSPS) is 17.0. The van der Waals surface area contributed by atoms with Crippen LogP contribution in [0.15, 0.2) is 12.4 Å². The van der Waals surface area contributed by atoms with Gasteiger partial charge >= 0.3 is 0 Å². The molecule has 3 heteroatoms. The Morgan fingerprint density at radius 2 is 2.06 bits per heavy atom. The van der Waals surface area contributed by atoms with Gasteiger partial charge in [0.1, 0.15) is 12.1 Å². The van der Waals surface area contributed by atoms with Crippen molar-refractivity contribution in [3.63, 3.8) is 0 Å². The minimum Gasteiger partial charge on any atom is -0.370 e. The zero-order valence-electron chi connectivity index (χ0n) is 10.8. The molecule has 0 radical (unpaired) electrons. The Kier molecular flexibility index (Phi) is 4.77. The Balaban J connectivity index is 1.62. The minimum atomic E-state index is 0.959. The highest BCUT2D eigenvalue weighted by Crippen LogP contribution is 2.27. The molecular formula is C14H23N3. The van der Waals surface area contributed by atoms with Crippen molar-refractivity contribution in [3.05, 3.63) is 18.1 Å². The van der Waals surface area contributed by atoms with Gasteiger partial charge in [0.15, 0.2) is 0 Å². The van der Waals surface area contributed by atoms with Gasteiger partial charge in [0.25, 0.3) is 0 Å². The summed E-state index contributed by atoms with van der Waals surface area (Å²) >= 11 is 0. The highest BCUT2D eigenvalue weighted by Gasteiger charge is 2.12. The molecule has 3 nitrogen and oxygen atoms in total. The summed E-state index contributed by atoms with van der Waals surface area (Å²) < 4.78 is 0. The number of anilines is 1. The van der Waals surface area contributed by atoms with E-state index < -0.39 is 0 Å². The van der Waals surface area contributed by atoms with E-state index >= 15 is 0 Å². The fraction of sp³-hybridized carbons (Fsp3) is 0.714. The van der Waals surface area contributed by atoms with E-state index in [9.17, 15) is 0 Å². The summed E-state index contributed by atoms with van der Waals surface area (Å²) in [5, 5.41) is 3.37. The Hall–Kier alpha value is -1.12. The molecule has 2 rings (SSSR count). The smallest absolute Gasteiger partial charge is 0.129 e. The van der Waals surface area contributed by atoms with Gasteiger partial charge in [0, 0.05) is 18.3 Å². The fourth-order valence-corrected chi connectivity index (χ4v) is 2.63. The molecule has 0 spiro atoms. The van der Waals surface area contributed by atoms with E-state index in [0.29, 0.717) is 0 Å². The predicted molar refractivity (Wildman–Crippen MR) is 71.1 cm³/mol. The number of hydrogen-bond acceptors (Lipinski definition) is 3. The SMILES string of the molecule is Cc1cc(NCCCC2CCCCC2)ncn1. The van der Waals surface area contributed by atoms with Crippen molar-refractivity contribution in [1.29, 1.82) is 0 Å². The maximum Gasteiger partial charge on any atom is 0.129 e. The molecule has 1 heterocycles. The molecule has 1 fully saturated rings. The Morgan fingerprint density at radius 1 is 1.24 bits per heavy atom. The van der Waals surface area contributed by atoms with Gasteiger partial charge in [-0.3, -0.25) is 0 Å². The maximum absolute atomic E-state index is 4.20. The topological polar surface area (TPSA) is 37.8 Å². The molecule has 94 valence electrons. The van der Waals surface area contributed by atoms with E-state index in [-0.39, 0.29) is 0 Å². The van der Waals surface area contributed by atoms with Crippen molar-refractivity contribution >= 4 is 5.82 Å². The van der Waals surface area contributed by atoms with Gasteiger partial charge in [-0.2, -0.15) is 0 Å². The first-order chi connectivity index (χ1) is 8.34. The molecule has 1 saturated carbocycles. The van der Waals surface area contributed by atoms with E-state index in [0.717, 1.165) is 24.0 Å². The number of rotatable bonds is 5. The maximum atomic E-state index is 4.20. The van der Waals surface area contributed by atoms with Gasteiger partial charge in [0.05, 0.1) is 0 Å². The molecule has 0 aliphatic heterocycles. The molecule has 0 unspecified atom stereocenters. The van der Waals surface area contributed by atoms with Gasteiger partial charge in [-0.05, 0) is 25.7 Å². The van der Waals surface area contributed by atoms with Crippen molar-refractivity contribution < 1.29 is 0 Å². The van der Waals surface area contributed by atoms with Gasteiger partial charge in [-0.1, -0.05) is 32.1 Å². The van der Waals surface area contributed by atoms with Crippen LogP contribution >= 0.6 is 0 Å². The first kappa shape index (κ1) is 12.3. The quantitative estimate of drug-likeness (QED) is 0.790. The molecule has 0 bridgehead atoms. The molecule has 0 aromatic carbocycles. The van der Waals surface area contributed by atoms with Crippen LogP contribution in [0.1, 0.15) is 50.6 Å². The molecule has 17 heavy (non-hydrogen) atoms. The Labute approximate surface area is 104 Å². The van der Waals surface area contributed by atoms with Gasteiger partial charge in [0.2, 0.25) is 0 Å². The molecule has 1 aliphatic carbocycles. The van der Waals surface area contributed by atoms with Crippen molar-refractivity contribution in [2.24, 2.45) is 5.92 Å². The second-order valence-electron chi connectivity index (χ2n) is 5.12. The van der Waals surface area contributed by atoms with Crippen LogP contribution in [0.2, 0.25) is 0 Å². The van der Waals surface area contributed by atoms with Gasteiger partial charge in [-0.25, -0.2) is 9.97 Å². The van der Waals surface area contributed by atoms with Crippen LogP contribution in [-0.2, 0) is 0 Å². The zero-order chi connectivity index (χ0) is 11.9. The van der Waals surface area contributed by atoms with Crippen molar-refractivity contribution in [2.45, 2.75) is 51.9 Å². The molecule has 0 amide bonds. The molecule has 1 aliphatic rings. The van der Waals surface area contributed by atoms with Gasteiger partial charge in [-0.15, -0.1) is 0 Å². The summed E-state index contributed by atoms with van der Waals surface area (Å²) in [7, 11) is 0. The summed E-state index contributed by atoms with van der Waals surface area (Å²) in [5.74, 6) is 1.94. The van der Waals surface area contributed by atoms with Crippen LogP contribution in [0, 0.1) is 12.8 Å². The van der Waals surface area contributed by atoms with Crippen LogP contribution in [-0.4, -0.2) is 16.5 Å². The lowest BCUT2D eigenvalue weighted by Gasteiger charge is -2.21. The average molecular weight is 233 g/mol. The number of nitrogens with one attached hydrogen (secondary N) is 1. The molecule has 0 saturated heterocycles. The lowest BCUT2D eigenvalue weighted by molar-refractivity contribution is 0.335. The highest BCUT2D eigenvalue weighted by atomic mass is 15.0. The summed E-state index contributed by atoms with van der Waals surface area (Å²) in [5.41, 5.74) is 1.02. The van der Waals surface area contributed by atoms with E-state index in [1.165, 1.54) is 44.9 Å². The summed E-state index contributed by atoms with van der Waals surface area (Å²) in [4.78, 5) is 8.29. The van der Waals surface area contributed by atoms with Crippen molar-refractivity contribution in [2.75, 3.05) is 11.9 Å². The van der Waals surface area contributed by atoms with Crippen LogP contribution in [0.25, 0.3) is 0 Å². The Bertz CT molecular complexity index is 332. The molecule has 1 N–H and O–H groups in total. The Morgan fingerprint density at radius 3 is 2.82 bits per heavy atom. The molecule has 0 atom stereocenters. The van der Waals surface area contributed by atoms with Crippen LogP contribution in [0.4, 0.5) is 5.82 Å². The van der Waals surface area contributed by atoms with Crippen LogP contribution < -0.4 is 5.32 Å². The van der Waals surface area contributed by atoms with Crippen molar-refractivity contribution in [3.8, 4) is 0 Å². The third-order valence-corrected chi connectivity index (χ3v) is 3.62.